The normalized spacial score (nSPS) is 19.0. The molecule has 1 atom stereocenters. The highest BCUT2D eigenvalue weighted by atomic mass is 35.5. The number of aryl methyl sites for hydroxylation is 1. The number of carbonyl (C=O) groups excluding carboxylic acids is 1. The van der Waals surface area contributed by atoms with Crippen LogP contribution in [-0.4, -0.2) is 56.9 Å². The van der Waals surface area contributed by atoms with Gasteiger partial charge < -0.3 is 15.2 Å². The monoisotopic (exact) mass is 350 g/mol. The van der Waals surface area contributed by atoms with E-state index in [1.807, 2.05) is 7.05 Å². The molecule has 0 spiro atoms. The Labute approximate surface area is 137 Å². The third-order valence-electron chi connectivity index (χ3n) is 3.82. The summed E-state index contributed by atoms with van der Waals surface area (Å²) in [6.07, 6.45) is 2.35. The Hall–Kier alpha value is -1.09. The SMILES string of the molecule is CNCC1CCN(S(=O)(=O)c2cc(C(=O)NC)n(C)c2)C1.Cl. The molecule has 1 aliphatic heterocycles. The fourth-order valence-corrected chi connectivity index (χ4v) is 4.25. The second-order valence-electron chi connectivity index (χ2n) is 5.33. The second kappa shape index (κ2) is 7.45. The molecule has 1 amide bonds. The van der Waals surface area contributed by atoms with Crippen molar-refractivity contribution in [2.24, 2.45) is 13.0 Å². The van der Waals surface area contributed by atoms with E-state index in [4.69, 9.17) is 0 Å². The number of nitrogens with zero attached hydrogens (tertiary/aromatic N) is 2. The minimum Gasteiger partial charge on any atom is -0.354 e. The summed E-state index contributed by atoms with van der Waals surface area (Å²) < 4.78 is 28.3. The Morgan fingerprint density at radius 3 is 2.68 bits per heavy atom. The van der Waals surface area contributed by atoms with E-state index in [-0.39, 0.29) is 23.2 Å². The highest BCUT2D eigenvalue weighted by Gasteiger charge is 2.33. The van der Waals surface area contributed by atoms with Gasteiger partial charge in [-0.3, -0.25) is 4.79 Å². The average Bonchev–Trinajstić information content (AvgIpc) is 3.06. The van der Waals surface area contributed by atoms with E-state index in [9.17, 15) is 13.2 Å². The molecule has 1 fully saturated rings. The van der Waals surface area contributed by atoms with Gasteiger partial charge in [0.25, 0.3) is 5.91 Å². The molecule has 0 aliphatic carbocycles. The van der Waals surface area contributed by atoms with E-state index in [1.165, 1.54) is 28.2 Å². The van der Waals surface area contributed by atoms with Crippen LogP contribution < -0.4 is 10.6 Å². The van der Waals surface area contributed by atoms with Crippen molar-refractivity contribution in [2.75, 3.05) is 33.7 Å². The lowest BCUT2D eigenvalue weighted by atomic mass is 10.1. The summed E-state index contributed by atoms with van der Waals surface area (Å²) in [6.45, 7) is 1.86. The first kappa shape index (κ1) is 19.0. The number of nitrogens with one attached hydrogen (secondary N) is 2. The standard InChI is InChI=1S/C13H22N4O3S.ClH/c1-14-7-10-4-5-17(8-10)21(19,20)11-6-12(13(18)15-2)16(3)9-11;/h6,9-10,14H,4-5,7-8H2,1-3H3,(H,15,18);1H. The molecule has 9 heteroatoms. The van der Waals surface area contributed by atoms with Crippen molar-refractivity contribution in [3.63, 3.8) is 0 Å². The van der Waals surface area contributed by atoms with E-state index < -0.39 is 10.0 Å². The summed E-state index contributed by atoms with van der Waals surface area (Å²) in [4.78, 5) is 11.9. The maximum atomic E-state index is 12.6. The summed E-state index contributed by atoms with van der Waals surface area (Å²) in [5, 5.41) is 5.58. The maximum Gasteiger partial charge on any atom is 0.267 e. The molecule has 1 aromatic heterocycles. The molecule has 2 rings (SSSR count). The summed E-state index contributed by atoms with van der Waals surface area (Å²) in [6, 6.07) is 1.43. The van der Waals surface area contributed by atoms with E-state index in [0.29, 0.717) is 24.7 Å². The number of sulfonamides is 1. The van der Waals surface area contributed by atoms with Gasteiger partial charge in [0.2, 0.25) is 10.0 Å². The fourth-order valence-electron chi connectivity index (χ4n) is 2.65. The van der Waals surface area contributed by atoms with Gasteiger partial charge in [0, 0.05) is 33.4 Å². The van der Waals surface area contributed by atoms with Crippen LogP contribution in [0.1, 0.15) is 16.9 Å². The van der Waals surface area contributed by atoms with Gasteiger partial charge in [-0.05, 0) is 32.0 Å². The minimum absolute atomic E-state index is 0. The lowest BCUT2D eigenvalue weighted by Gasteiger charge is -2.15. The first-order chi connectivity index (χ1) is 9.90. The molecule has 1 aromatic rings. The van der Waals surface area contributed by atoms with E-state index in [1.54, 1.807) is 7.05 Å². The third kappa shape index (κ3) is 3.62. The Balaban J connectivity index is 0.00000242. The zero-order valence-corrected chi connectivity index (χ0v) is 14.6. The molecule has 0 aromatic carbocycles. The Kier molecular flexibility index (Phi) is 6.42. The van der Waals surface area contributed by atoms with Crippen molar-refractivity contribution in [2.45, 2.75) is 11.3 Å². The molecular formula is C13H23ClN4O3S. The molecule has 0 saturated carbocycles. The number of rotatable bonds is 5. The predicted octanol–water partition coefficient (Wildman–Crippen LogP) is 0.0365. The van der Waals surface area contributed by atoms with Crippen molar-refractivity contribution < 1.29 is 13.2 Å². The fraction of sp³-hybridized carbons (Fsp3) is 0.615. The third-order valence-corrected chi connectivity index (χ3v) is 5.65. The van der Waals surface area contributed by atoms with Crippen LogP contribution in [0.15, 0.2) is 17.2 Å². The molecule has 0 bridgehead atoms. The predicted molar refractivity (Wildman–Crippen MR) is 86.8 cm³/mol. The molecule has 1 saturated heterocycles. The molecule has 7 nitrogen and oxygen atoms in total. The zero-order valence-electron chi connectivity index (χ0n) is 13.0. The molecule has 1 unspecified atom stereocenters. The highest BCUT2D eigenvalue weighted by molar-refractivity contribution is 7.89. The smallest absolute Gasteiger partial charge is 0.267 e. The van der Waals surface area contributed by atoms with Crippen LogP contribution >= 0.6 is 12.4 Å². The van der Waals surface area contributed by atoms with Crippen LogP contribution in [0, 0.1) is 5.92 Å². The van der Waals surface area contributed by atoms with Gasteiger partial charge in [0.1, 0.15) is 10.6 Å². The molecule has 1 aliphatic rings. The number of hydrogen-bond donors (Lipinski definition) is 2. The van der Waals surface area contributed by atoms with Gasteiger partial charge in [-0.1, -0.05) is 0 Å². The van der Waals surface area contributed by atoms with Crippen LogP contribution in [0.25, 0.3) is 0 Å². The first-order valence-electron chi connectivity index (χ1n) is 6.93. The topological polar surface area (TPSA) is 83.4 Å². The van der Waals surface area contributed by atoms with Crippen molar-refractivity contribution in [1.29, 1.82) is 0 Å². The summed E-state index contributed by atoms with van der Waals surface area (Å²) in [7, 11) is 1.52. The van der Waals surface area contributed by atoms with E-state index in [2.05, 4.69) is 10.6 Å². The van der Waals surface area contributed by atoms with Crippen LogP contribution in [0.3, 0.4) is 0 Å². The van der Waals surface area contributed by atoms with Crippen molar-refractivity contribution in [1.82, 2.24) is 19.5 Å². The minimum atomic E-state index is -3.53. The molecular weight excluding hydrogens is 328 g/mol. The molecule has 2 N–H and O–H groups in total. The van der Waals surface area contributed by atoms with Gasteiger partial charge in [0.15, 0.2) is 0 Å². The van der Waals surface area contributed by atoms with Crippen LogP contribution in [0.2, 0.25) is 0 Å². The molecule has 22 heavy (non-hydrogen) atoms. The first-order valence-corrected chi connectivity index (χ1v) is 8.37. The summed E-state index contributed by atoms with van der Waals surface area (Å²) in [5.41, 5.74) is 0.335. The van der Waals surface area contributed by atoms with E-state index in [0.717, 1.165) is 13.0 Å². The quantitative estimate of drug-likeness (QED) is 0.785. The van der Waals surface area contributed by atoms with E-state index >= 15 is 0 Å². The van der Waals surface area contributed by atoms with Crippen LogP contribution in [0.5, 0.6) is 0 Å². The highest BCUT2D eigenvalue weighted by Crippen LogP contribution is 2.25. The number of halogens is 1. The molecule has 0 radical (unpaired) electrons. The second-order valence-corrected chi connectivity index (χ2v) is 7.26. The Morgan fingerprint density at radius 2 is 2.09 bits per heavy atom. The number of carbonyl (C=O) groups is 1. The Morgan fingerprint density at radius 1 is 1.41 bits per heavy atom. The van der Waals surface area contributed by atoms with Crippen molar-refractivity contribution in [3.8, 4) is 0 Å². The van der Waals surface area contributed by atoms with Gasteiger partial charge >= 0.3 is 0 Å². The van der Waals surface area contributed by atoms with Gasteiger partial charge in [0.05, 0.1) is 0 Å². The zero-order chi connectivity index (χ0) is 15.6. The number of aromatic nitrogens is 1. The van der Waals surface area contributed by atoms with Crippen molar-refractivity contribution >= 4 is 28.3 Å². The lowest BCUT2D eigenvalue weighted by molar-refractivity contribution is 0.0955. The number of amides is 1. The van der Waals surface area contributed by atoms with Gasteiger partial charge in [-0.25, -0.2) is 8.42 Å². The maximum absolute atomic E-state index is 12.6. The van der Waals surface area contributed by atoms with Crippen molar-refractivity contribution in [3.05, 3.63) is 18.0 Å². The number of hydrogen-bond acceptors (Lipinski definition) is 4. The average molecular weight is 351 g/mol. The largest absolute Gasteiger partial charge is 0.354 e. The van der Waals surface area contributed by atoms with Crippen LogP contribution in [0.4, 0.5) is 0 Å². The van der Waals surface area contributed by atoms with Gasteiger partial charge in [-0.2, -0.15) is 4.31 Å². The summed E-state index contributed by atoms with van der Waals surface area (Å²) >= 11 is 0. The molecule has 2 heterocycles. The van der Waals surface area contributed by atoms with Crippen LogP contribution in [-0.2, 0) is 17.1 Å². The molecule has 126 valence electrons. The van der Waals surface area contributed by atoms with Gasteiger partial charge in [-0.15, -0.1) is 12.4 Å². The summed E-state index contributed by atoms with van der Waals surface area (Å²) in [5.74, 6) is 0.0420. The lowest BCUT2D eigenvalue weighted by Crippen LogP contribution is -2.30. The Bertz CT molecular complexity index is 629.